The molecule has 2 heterocycles. The van der Waals surface area contributed by atoms with Crippen molar-refractivity contribution in [1.29, 1.82) is 0 Å². The molecule has 0 radical (unpaired) electrons. The van der Waals surface area contributed by atoms with Crippen LogP contribution in [0.3, 0.4) is 0 Å². The van der Waals surface area contributed by atoms with Crippen molar-refractivity contribution in [2.75, 3.05) is 20.1 Å². The van der Waals surface area contributed by atoms with Gasteiger partial charge >= 0.3 is 0 Å². The van der Waals surface area contributed by atoms with Crippen LogP contribution in [0, 0.1) is 0 Å². The van der Waals surface area contributed by atoms with E-state index in [1.165, 1.54) is 30.2 Å². The molecule has 72 valence electrons. The summed E-state index contributed by atoms with van der Waals surface area (Å²) in [5.41, 5.74) is 1.30. The van der Waals surface area contributed by atoms with Crippen LogP contribution in [0.15, 0.2) is 5.38 Å². The quantitative estimate of drug-likeness (QED) is 0.760. The van der Waals surface area contributed by atoms with Gasteiger partial charge in [-0.15, -0.1) is 11.3 Å². The highest BCUT2D eigenvalue weighted by Gasteiger charge is 2.22. The molecule has 1 fully saturated rings. The van der Waals surface area contributed by atoms with Gasteiger partial charge in [-0.05, 0) is 20.0 Å². The van der Waals surface area contributed by atoms with E-state index >= 15 is 0 Å². The zero-order valence-electron chi connectivity index (χ0n) is 7.66. The molecule has 4 heteroatoms. The minimum atomic E-state index is 0.675. The topological polar surface area (TPSA) is 16.1 Å². The Hall–Kier alpha value is 0.0700. The van der Waals surface area contributed by atoms with Gasteiger partial charge in [0.2, 0.25) is 0 Å². The average Bonchev–Trinajstić information content (AvgIpc) is 2.71. The Morgan fingerprint density at radius 1 is 1.77 bits per heavy atom. The third-order valence-corrected chi connectivity index (χ3v) is 4.26. The van der Waals surface area contributed by atoms with Crippen molar-refractivity contribution in [3.63, 3.8) is 0 Å². The first kappa shape index (κ1) is 9.62. The highest BCUT2D eigenvalue weighted by atomic mass is 79.9. The summed E-state index contributed by atoms with van der Waals surface area (Å²) >= 11 is 5.19. The molecular formula is C9H13BrN2S. The molecule has 1 aliphatic heterocycles. The van der Waals surface area contributed by atoms with E-state index < -0.39 is 0 Å². The molecule has 0 aliphatic carbocycles. The van der Waals surface area contributed by atoms with E-state index in [0.29, 0.717) is 5.92 Å². The van der Waals surface area contributed by atoms with Gasteiger partial charge < -0.3 is 4.90 Å². The van der Waals surface area contributed by atoms with E-state index in [9.17, 15) is 0 Å². The van der Waals surface area contributed by atoms with Crippen LogP contribution in [-0.4, -0.2) is 30.0 Å². The number of hydrogen-bond donors (Lipinski definition) is 0. The van der Waals surface area contributed by atoms with Gasteiger partial charge in [0.1, 0.15) is 5.01 Å². The summed E-state index contributed by atoms with van der Waals surface area (Å²) in [7, 11) is 2.18. The largest absolute Gasteiger partial charge is 0.306 e. The molecular weight excluding hydrogens is 248 g/mol. The molecule has 0 bridgehead atoms. The first-order chi connectivity index (χ1) is 6.29. The van der Waals surface area contributed by atoms with Crippen LogP contribution in [0.2, 0.25) is 0 Å². The molecule has 0 spiro atoms. The Morgan fingerprint density at radius 2 is 2.62 bits per heavy atom. The monoisotopic (exact) mass is 260 g/mol. The molecule has 1 unspecified atom stereocenters. The SMILES string of the molecule is CN1CCC(c2csc(CBr)n2)C1. The lowest BCUT2D eigenvalue weighted by atomic mass is 10.1. The predicted molar refractivity (Wildman–Crippen MR) is 59.6 cm³/mol. The Balaban J connectivity index is 2.08. The molecule has 1 aliphatic rings. The number of likely N-dealkylation sites (tertiary alicyclic amines) is 1. The number of rotatable bonds is 2. The van der Waals surface area contributed by atoms with Crippen LogP contribution in [0.25, 0.3) is 0 Å². The van der Waals surface area contributed by atoms with Crippen molar-refractivity contribution >= 4 is 27.3 Å². The molecule has 1 aromatic rings. The van der Waals surface area contributed by atoms with Crippen LogP contribution < -0.4 is 0 Å². The fraction of sp³-hybridized carbons (Fsp3) is 0.667. The summed E-state index contributed by atoms with van der Waals surface area (Å²) in [6.45, 7) is 2.39. The minimum Gasteiger partial charge on any atom is -0.306 e. The molecule has 0 amide bonds. The van der Waals surface area contributed by atoms with Crippen molar-refractivity contribution in [3.8, 4) is 0 Å². The summed E-state index contributed by atoms with van der Waals surface area (Å²) in [5.74, 6) is 0.675. The second-order valence-corrected chi connectivity index (χ2v) is 5.05. The van der Waals surface area contributed by atoms with Gasteiger partial charge in [0.05, 0.1) is 11.0 Å². The van der Waals surface area contributed by atoms with Gasteiger partial charge in [-0.25, -0.2) is 4.98 Å². The van der Waals surface area contributed by atoms with E-state index in [-0.39, 0.29) is 0 Å². The van der Waals surface area contributed by atoms with Gasteiger partial charge in [-0.1, -0.05) is 15.9 Å². The fourth-order valence-electron chi connectivity index (χ4n) is 1.75. The van der Waals surface area contributed by atoms with Crippen LogP contribution in [-0.2, 0) is 5.33 Å². The zero-order chi connectivity index (χ0) is 9.26. The molecule has 2 rings (SSSR count). The minimum absolute atomic E-state index is 0.675. The summed E-state index contributed by atoms with van der Waals surface area (Å²) < 4.78 is 0. The molecule has 1 saturated heterocycles. The number of halogens is 1. The van der Waals surface area contributed by atoms with Crippen LogP contribution >= 0.6 is 27.3 Å². The highest BCUT2D eigenvalue weighted by molar-refractivity contribution is 9.08. The van der Waals surface area contributed by atoms with Crippen LogP contribution in [0.4, 0.5) is 0 Å². The average molecular weight is 261 g/mol. The number of likely N-dealkylation sites (N-methyl/N-ethyl adjacent to an activating group) is 1. The van der Waals surface area contributed by atoms with Crippen molar-refractivity contribution in [3.05, 3.63) is 16.1 Å². The number of hydrogen-bond acceptors (Lipinski definition) is 3. The maximum atomic E-state index is 4.59. The number of aromatic nitrogens is 1. The van der Waals surface area contributed by atoms with E-state index in [1.54, 1.807) is 11.3 Å². The van der Waals surface area contributed by atoms with Crippen molar-refractivity contribution in [2.24, 2.45) is 0 Å². The van der Waals surface area contributed by atoms with Crippen molar-refractivity contribution in [2.45, 2.75) is 17.7 Å². The lowest BCUT2D eigenvalue weighted by Crippen LogP contribution is -2.13. The maximum Gasteiger partial charge on any atom is 0.103 e. The van der Waals surface area contributed by atoms with Crippen molar-refractivity contribution < 1.29 is 0 Å². The summed E-state index contributed by atoms with van der Waals surface area (Å²) in [6, 6.07) is 0. The van der Waals surface area contributed by atoms with Gasteiger partial charge in [0.25, 0.3) is 0 Å². The fourth-order valence-corrected chi connectivity index (χ4v) is 3.00. The Kier molecular flexibility index (Phi) is 3.01. The van der Waals surface area contributed by atoms with Crippen LogP contribution in [0.5, 0.6) is 0 Å². The highest BCUT2D eigenvalue weighted by Crippen LogP contribution is 2.27. The molecule has 2 nitrogen and oxygen atoms in total. The van der Waals surface area contributed by atoms with E-state index in [0.717, 1.165) is 5.33 Å². The maximum absolute atomic E-state index is 4.59. The number of nitrogens with zero attached hydrogens (tertiary/aromatic N) is 2. The second kappa shape index (κ2) is 4.07. The first-order valence-electron chi connectivity index (χ1n) is 4.48. The molecule has 1 atom stereocenters. The third-order valence-electron chi connectivity index (χ3n) is 2.49. The Bertz CT molecular complexity index is 287. The summed E-state index contributed by atoms with van der Waals surface area (Å²) in [4.78, 5) is 6.96. The molecule has 0 aromatic carbocycles. The Labute approximate surface area is 91.1 Å². The summed E-state index contributed by atoms with van der Waals surface area (Å²) in [5, 5.41) is 4.30. The van der Waals surface area contributed by atoms with Crippen LogP contribution in [0.1, 0.15) is 23.0 Å². The standard InChI is InChI=1S/C9H13BrN2S/c1-12-3-2-7(5-12)8-6-13-9(4-10)11-8/h6-7H,2-5H2,1H3. The van der Waals surface area contributed by atoms with Gasteiger partial charge in [0.15, 0.2) is 0 Å². The molecule has 1 aromatic heterocycles. The number of alkyl halides is 1. The second-order valence-electron chi connectivity index (χ2n) is 3.55. The molecule has 0 N–H and O–H groups in total. The molecule has 0 saturated carbocycles. The first-order valence-corrected chi connectivity index (χ1v) is 6.48. The zero-order valence-corrected chi connectivity index (χ0v) is 10.1. The summed E-state index contributed by atoms with van der Waals surface area (Å²) in [6.07, 6.45) is 1.27. The van der Waals surface area contributed by atoms with Crippen molar-refractivity contribution in [1.82, 2.24) is 9.88 Å². The van der Waals surface area contributed by atoms with E-state index in [1.807, 2.05) is 0 Å². The lowest BCUT2D eigenvalue weighted by Gasteiger charge is -2.06. The smallest absolute Gasteiger partial charge is 0.103 e. The van der Waals surface area contributed by atoms with Gasteiger partial charge in [-0.3, -0.25) is 0 Å². The Morgan fingerprint density at radius 3 is 3.15 bits per heavy atom. The van der Waals surface area contributed by atoms with E-state index in [2.05, 4.69) is 38.2 Å². The van der Waals surface area contributed by atoms with E-state index in [4.69, 9.17) is 0 Å². The number of thiazole rings is 1. The van der Waals surface area contributed by atoms with Gasteiger partial charge in [0, 0.05) is 17.8 Å². The lowest BCUT2D eigenvalue weighted by molar-refractivity contribution is 0.411. The molecule has 13 heavy (non-hydrogen) atoms. The van der Waals surface area contributed by atoms with Gasteiger partial charge in [-0.2, -0.15) is 0 Å². The normalized spacial score (nSPS) is 24.0. The predicted octanol–water partition coefficient (Wildman–Crippen LogP) is 2.46. The third kappa shape index (κ3) is 2.11.